The summed E-state index contributed by atoms with van der Waals surface area (Å²) in [5, 5.41) is 4.78. The van der Waals surface area contributed by atoms with Crippen molar-refractivity contribution in [1.82, 2.24) is 34.1 Å². The lowest BCUT2D eigenvalue weighted by atomic mass is 9.95. The van der Waals surface area contributed by atoms with E-state index in [0.29, 0.717) is 28.9 Å². The van der Waals surface area contributed by atoms with E-state index >= 15 is 0 Å². The van der Waals surface area contributed by atoms with E-state index in [9.17, 15) is 0 Å². The van der Waals surface area contributed by atoms with Gasteiger partial charge in [0.15, 0.2) is 17.5 Å². The van der Waals surface area contributed by atoms with E-state index in [2.05, 4.69) is 171 Å². The normalized spacial score (nSPS) is 11.8. The molecule has 0 bridgehead atoms. The Hall–Kier alpha value is -8.55. The molecule has 6 aromatic carbocycles. The van der Waals surface area contributed by atoms with E-state index in [1.807, 2.05) is 48.6 Å². The Morgan fingerprint density at radius 1 is 0.419 bits per heavy atom. The van der Waals surface area contributed by atoms with E-state index in [4.69, 9.17) is 15.0 Å². The Kier molecular flexibility index (Phi) is 9.17. The number of nitrogens with zero attached hydrogens (tertiary/aromatic N) is 7. The first-order chi connectivity index (χ1) is 30.7. The van der Waals surface area contributed by atoms with Crippen molar-refractivity contribution in [3.8, 4) is 56.9 Å². The van der Waals surface area contributed by atoms with Crippen LogP contribution in [0.5, 0.6) is 0 Å². The number of hydrogen-bond acceptors (Lipinski definition) is 5. The number of hydrogen-bond donors (Lipinski definition) is 0. The van der Waals surface area contributed by atoms with Crippen molar-refractivity contribution >= 4 is 49.7 Å². The lowest BCUT2D eigenvalue weighted by Crippen LogP contribution is -2.04. The van der Waals surface area contributed by atoms with Crippen molar-refractivity contribution in [2.45, 2.75) is 0 Å². The largest absolute Gasteiger partial charge is 0.309 e. The summed E-state index contributed by atoms with van der Waals surface area (Å²) < 4.78 is 4.79. The van der Waals surface area contributed by atoms with Gasteiger partial charge in [0.1, 0.15) is 11.4 Å². The van der Waals surface area contributed by atoms with Gasteiger partial charge >= 0.3 is 0 Å². The maximum absolute atomic E-state index is 5.08. The fourth-order valence-corrected chi connectivity index (χ4v) is 8.57. The SMILES string of the molecule is C=C/C=C\C=C\c1cc(-c2nc(-c3ccccn3)nc(-c3ccccn3)n2)cc(-c2ccccc2)c1-n1c2ccccc2c2cc(-n3c4ccccc4c4ccccc43)ccc21. The molecule has 0 N–H and O–H groups in total. The molecule has 0 fully saturated rings. The molecule has 11 rings (SSSR count). The van der Waals surface area contributed by atoms with Crippen molar-refractivity contribution in [2.75, 3.05) is 0 Å². The molecule has 7 nitrogen and oxygen atoms in total. The van der Waals surface area contributed by atoms with Crippen LogP contribution in [-0.2, 0) is 0 Å². The number of aromatic nitrogens is 7. The molecule has 0 aliphatic heterocycles. The second kappa shape index (κ2) is 15.6. The average molecular weight is 796 g/mol. The molecule has 5 aromatic heterocycles. The molecule has 0 atom stereocenters. The second-order valence-corrected chi connectivity index (χ2v) is 15.0. The standard InChI is InChI=1S/C55H37N7/c1-2-3-4-6-21-38-34-39(53-58-54(46-25-15-17-32-56-46)60-55(59-53)47-26-16-18-33-57-47)35-44(37-19-7-5-8-20-37)52(38)62-50-29-14-11-24-43(50)45-36-40(30-31-51(45)62)61-48-27-12-9-22-41(48)42-23-10-13-28-49(42)61/h2-36H,1H2/b4-3-,21-6+. The number of pyridine rings is 2. The summed E-state index contributed by atoms with van der Waals surface area (Å²) in [6.07, 6.45) is 13.4. The number of fused-ring (bicyclic) bond motifs is 6. The van der Waals surface area contributed by atoms with Crippen LogP contribution in [-0.4, -0.2) is 34.1 Å². The minimum atomic E-state index is 0.467. The Labute approximate surface area is 358 Å². The third-order valence-electron chi connectivity index (χ3n) is 11.3. The van der Waals surface area contributed by atoms with Gasteiger partial charge in [0.2, 0.25) is 0 Å². The van der Waals surface area contributed by atoms with Gasteiger partial charge in [-0.25, -0.2) is 15.0 Å². The van der Waals surface area contributed by atoms with E-state index in [1.54, 1.807) is 18.5 Å². The molecule has 0 amide bonds. The predicted octanol–water partition coefficient (Wildman–Crippen LogP) is 13.3. The van der Waals surface area contributed by atoms with Gasteiger partial charge in [0.25, 0.3) is 0 Å². The molecular weight excluding hydrogens is 759 g/mol. The zero-order valence-corrected chi connectivity index (χ0v) is 33.5. The fraction of sp³-hybridized carbons (Fsp3) is 0. The third kappa shape index (κ3) is 6.36. The number of para-hydroxylation sites is 3. The predicted molar refractivity (Wildman–Crippen MR) is 254 cm³/mol. The zero-order chi connectivity index (χ0) is 41.4. The molecule has 62 heavy (non-hydrogen) atoms. The van der Waals surface area contributed by atoms with E-state index in [0.717, 1.165) is 55.4 Å². The summed E-state index contributed by atoms with van der Waals surface area (Å²) in [6.45, 7) is 3.91. The average Bonchev–Trinajstić information content (AvgIpc) is 3.86. The van der Waals surface area contributed by atoms with Gasteiger partial charge in [0.05, 0.1) is 27.8 Å². The van der Waals surface area contributed by atoms with Crippen LogP contribution in [0, 0.1) is 0 Å². The molecule has 0 aliphatic carbocycles. The summed E-state index contributed by atoms with van der Waals surface area (Å²) in [5.74, 6) is 1.45. The molecule has 7 heteroatoms. The van der Waals surface area contributed by atoms with Crippen LogP contribution in [0.3, 0.4) is 0 Å². The lowest BCUT2D eigenvalue weighted by molar-refractivity contribution is 1.04. The van der Waals surface area contributed by atoms with Gasteiger partial charge in [-0.1, -0.05) is 134 Å². The van der Waals surface area contributed by atoms with Gasteiger partial charge in [-0.3, -0.25) is 9.97 Å². The van der Waals surface area contributed by atoms with Crippen LogP contribution in [0.4, 0.5) is 0 Å². The highest BCUT2D eigenvalue weighted by molar-refractivity contribution is 6.13. The molecule has 0 saturated heterocycles. The quantitative estimate of drug-likeness (QED) is 0.136. The smallest absolute Gasteiger partial charge is 0.182 e. The van der Waals surface area contributed by atoms with Crippen LogP contribution in [0.25, 0.3) is 107 Å². The molecule has 0 saturated carbocycles. The minimum absolute atomic E-state index is 0.467. The van der Waals surface area contributed by atoms with Gasteiger partial charge in [-0.05, 0) is 83.9 Å². The summed E-state index contributed by atoms with van der Waals surface area (Å²) in [4.78, 5) is 24.3. The van der Waals surface area contributed by atoms with Crippen molar-refractivity contribution in [3.05, 3.63) is 219 Å². The first-order valence-corrected chi connectivity index (χ1v) is 20.5. The van der Waals surface area contributed by atoms with E-state index < -0.39 is 0 Å². The Bertz CT molecular complexity index is 3420. The van der Waals surface area contributed by atoms with Crippen LogP contribution in [0.2, 0.25) is 0 Å². The molecule has 11 aromatic rings. The summed E-state index contributed by atoms with van der Waals surface area (Å²) >= 11 is 0. The lowest BCUT2D eigenvalue weighted by Gasteiger charge is -2.19. The van der Waals surface area contributed by atoms with Crippen molar-refractivity contribution in [1.29, 1.82) is 0 Å². The van der Waals surface area contributed by atoms with Gasteiger partial charge in [-0.2, -0.15) is 0 Å². The summed E-state index contributed by atoms with van der Waals surface area (Å²) in [7, 11) is 0. The minimum Gasteiger partial charge on any atom is -0.309 e. The van der Waals surface area contributed by atoms with Crippen LogP contribution >= 0.6 is 0 Å². The fourth-order valence-electron chi connectivity index (χ4n) is 8.57. The first kappa shape index (κ1) is 36.5. The number of rotatable bonds is 9. The second-order valence-electron chi connectivity index (χ2n) is 15.0. The van der Waals surface area contributed by atoms with Crippen molar-refractivity contribution in [3.63, 3.8) is 0 Å². The first-order valence-electron chi connectivity index (χ1n) is 20.5. The van der Waals surface area contributed by atoms with Crippen molar-refractivity contribution in [2.24, 2.45) is 0 Å². The molecular formula is C55H37N7. The Morgan fingerprint density at radius 3 is 1.58 bits per heavy atom. The van der Waals surface area contributed by atoms with Gasteiger partial charge < -0.3 is 9.13 Å². The number of allylic oxidation sites excluding steroid dienone is 4. The Balaban J connectivity index is 1.20. The van der Waals surface area contributed by atoms with Crippen LogP contribution < -0.4 is 0 Å². The van der Waals surface area contributed by atoms with E-state index in [1.165, 1.54) is 21.8 Å². The number of benzene rings is 6. The monoisotopic (exact) mass is 795 g/mol. The third-order valence-corrected chi connectivity index (χ3v) is 11.3. The zero-order valence-electron chi connectivity index (χ0n) is 33.5. The molecule has 0 radical (unpaired) electrons. The summed E-state index contributed by atoms with van der Waals surface area (Å²) in [6, 6.07) is 59.2. The van der Waals surface area contributed by atoms with Crippen molar-refractivity contribution < 1.29 is 0 Å². The summed E-state index contributed by atoms with van der Waals surface area (Å²) in [5.41, 5.74) is 11.8. The van der Waals surface area contributed by atoms with E-state index in [-0.39, 0.29) is 0 Å². The maximum atomic E-state index is 5.08. The van der Waals surface area contributed by atoms with Crippen LogP contribution in [0.1, 0.15) is 5.56 Å². The molecule has 0 unspecified atom stereocenters. The topological polar surface area (TPSA) is 74.3 Å². The maximum Gasteiger partial charge on any atom is 0.182 e. The molecule has 0 aliphatic rings. The highest BCUT2D eigenvalue weighted by Crippen LogP contribution is 2.42. The highest BCUT2D eigenvalue weighted by atomic mass is 15.1. The molecule has 292 valence electrons. The Morgan fingerprint density at radius 2 is 0.968 bits per heavy atom. The van der Waals surface area contributed by atoms with Gasteiger partial charge in [0, 0.05) is 50.8 Å². The highest BCUT2D eigenvalue weighted by Gasteiger charge is 2.23. The van der Waals surface area contributed by atoms with Crippen LogP contribution in [0.15, 0.2) is 213 Å². The molecule has 0 spiro atoms. The molecule has 5 heterocycles. The van der Waals surface area contributed by atoms with Gasteiger partial charge in [-0.15, -0.1) is 0 Å².